The maximum atomic E-state index is 13.1. The molecule has 0 bridgehead atoms. The van der Waals surface area contributed by atoms with Crippen LogP contribution in [0.1, 0.15) is 17.3 Å². The smallest absolute Gasteiger partial charge is 0.322 e. The van der Waals surface area contributed by atoms with Crippen LogP contribution >= 0.6 is 34.8 Å². The Labute approximate surface area is 172 Å². The van der Waals surface area contributed by atoms with Crippen LogP contribution in [0.5, 0.6) is 0 Å². The first kappa shape index (κ1) is 18.2. The number of halogens is 3. The van der Waals surface area contributed by atoms with Crippen LogP contribution in [0, 0.1) is 0 Å². The maximum Gasteiger partial charge on any atom is 0.322 e. The van der Waals surface area contributed by atoms with E-state index in [1.165, 1.54) is 0 Å². The lowest BCUT2D eigenvalue weighted by Gasteiger charge is -2.37. The van der Waals surface area contributed by atoms with Gasteiger partial charge in [-0.15, -0.1) is 0 Å². The van der Waals surface area contributed by atoms with Gasteiger partial charge in [0.15, 0.2) is 0 Å². The number of carbonyl (C=O) groups is 1. The van der Waals surface area contributed by atoms with Gasteiger partial charge in [-0.3, -0.25) is 0 Å². The molecule has 0 aliphatic carbocycles. The van der Waals surface area contributed by atoms with Gasteiger partial charge >= 0.3 is 6.03 Å². The van der Waals surface area contributed by atoms with E-state index in [2.05, 4.69) is 9.88 Å². The zero-order valence-electron chi connectivity index (χ0n) is 14.2. The average Bonchev–Trinajstić information content (AvgIpc) is 3.10. The van der Waals surface area contributed by atoms with Crippen molar-refractivity contribution >= 4 is 46.5 Å². The van der Waals surface area contributed by atoms with Crippen LogP contribution in [-0.4, -0.2) is 22.0 Å². The number of urea groups is 1. The van der Waals surface area contributed by atoms with Crippen molar-refractivity contribution in [1.82, 2.24) is 9.47 Å². The summed E-state index contributed by atoms with van der Waals surface area (Å²) in [6.45, 7) is 1.27. The zero-order chi connectivity index (χ0) is 19.0. The Morgan fingerprint density at radius 3 is 2.56 bits per heavy atom. The normalized spacial score (nSPS) is 16.1. The fraction of sp³-hybridized carbons (Fsp3) is 0.150. The second kappa shape index (κ2) is 7.47. The molecule has 0 saturated heterocycles. The molecule has 0 spiro atoms. The highest BCUT2D eigenvalue weighted by Crippen LogP contribution is 2.37. The second-order valence-corrected chi connectivity index (χ2v) is 7.61. The SMILES string of the molecule is O=C(Nc1cccc(Cl)c1)N1CCn2cccc2C1c1ccc(Cl)cc1Cl. The number of rotatable bonds is 2. The molecule has 2 aromatic carbocycles. The highest BCUT2D eigenvalue weighted by Gasteiger charge is 2.33. The molecule has 3 aromatic rings. The molecule has 1 unspecified atom stereocenters. The first-order chi connectivity index (χ1) is 13.0. The highest BCUT2D eigenvalue weighted by atomic mass is 35.5. The van der Waals surface area contributed by atoms with Crippen molar-refractivity contribution in [2.45, 2.75) is 12.6 Å². The zero-order valence-corrected chi connectivity index (χ0v) is 16.5. The first-order valence-electron chi connectivity index (χ1n) is 8.46. The van der Waals surface area contributed by atoms with Crippen molar-refractivity contribution < 1.29 is 4.79 Å². The molecule has 4 rings (SSSR count). The third-order valence-corrected chi connectivity index (χ3v) is 5.43. The van der Waals surface area contributed by atoms with Gasteiger partial charge in [0.1, 0.15) is 6.04 Å². The summed E-state index contributed by atoms with van der Waals surface area (Å²) < 4.78 is 2.14. The monoisotopic (exact) mass is 419 g/mol. The quantitative estimate of drug-likeness (QED) is 0.535. The van der Waals surface area contributed by atoms with E-state index in [0.717, 1.165) is 11.3 Å². The van der Waals surface area contributed by atoms with Crippen LogP contribution < -0.4 is 5.32 Å². The van der Waals surface area contributed by atoms with E-state index < -0.39 is 0 Å². The minimum absolute atomic E-state index is 0.208. The first-order valence-corrected chi connectivity index (χ1v) is 9.59. The Balaban J connectivity index is 1.71. The van der Waals surface area contributed by atoms with Crippen molar-refractivity contribution in [3.63, 3.8) is 0 Å². The Morgan fingerprint density at radius 1 is 0.963 bits per heavy atom. The van der Waals surface area contributed by atoms with Gasteiger partial charge in [-0.1, -0.05) is 46.9 Å². The molecule has 0 saturated carbocycles. The van der Waals surface area contributed by atoms with Crippen LogP contribution in [-0.2, 0) is 6.54 Å². The lowest BCUT2D eigenvalue weighted by Crippen LogP contribution is -2.44. The number of fused-ring (bicyclic) bond motifs is 1. The predicted molar refractivity (Wildman–Crippen MR) is 110 cm³/mol. The van der Waals surface area contributed by atoms with Crippen LogP contribution in [0.4, 0.5) is 10.5 Å². The Hall–Kier alpha value is -2.14. The minimum atomic E-state index is -0.308. The Kier molecular flexibility index (Phi) is 5.04. The summed E-state index contributed by atoms with van der Waals surface area (Å²) >= 11 is 18.6. The molecule has 27 heavy (non-hydrogen) atoms. The number of nitrogens with zero attached hydrogens (tertiary/aromatic N) is 2. The molecule has 1 atom stereocenters. The van der Waals surface area contributed by atoms with Crippen molar-refractivity contribution in [1.29, 1.82) is 0 Å². The van der Waals surface area contributed by atoms with E-state index >= 15 is 0 Å². The number of hydrogen-bond acceptors (Lipinski definition) is 1. The van der Waals surface area contributed by atoms with Crippen LogP contribution in [0.2, 0.25) is 15.1 Å². The highest BCUT2D eigenvalue weighted by molar-refractivity contribution is 6.35. The topological polar surface area (TPSA) is 37.3 Å². The van der Waals surface area contributed by atoms with E-state index in [-0.39, 0.29) is 12.1 Å². The summed E-state index contributed by atoms with van der Waals surface area (Å²) in [5.41, 5.74) is 2.49. The number of anilines is 1. The largest absolute Gasteiger partial charge is 0.348 e. The number of benzene rings is 2. The molecule has 7 heteroatoms. The molecule has 1 aliphatic heterocycles. The summed E-state index contributed by atoms with van der Waals surface area (Å²) in [6.07, 6.45) is 2.01. The van der Waals surface area contributed by atoms with Gasteiger partial charge in [-0.25, -0.2) is 4.79 Å². The summed E-state index contributed by atoms with van der Waals surface area (Å²) in [5, 5.41) is 4.59. The molecule has 2 amide bonds. The number of carbonyl (C=O) groups excluding carboxylic acids is 1. The third-order valence-electron chi connectivity index (χ3n) is 4.63. The summed E-state index contributed by atoms with van der Waals surface area (Å²) in [4.78, 5) is 14.8. The van der Waals surface area contributed by atoms with Crippen LogP contribution in [0.3, 0.4) is 0 Å². The van der Waals surface area contributed by atoms with Gasteiger partial charge in [0.25, 0.3) is 0 Å². The van der Waals surface area contributed by atoms with Crippen LogP contribution in [0.15, 0.2) is 60.8 Å². The van der Waals surface area contributed by atoms with Gasteiger partial charge in [0.2, 0.25) is 0 Å². The lowest BCUT2D eigenvalue weighted by atomic mass is 10.00. The van der Waals surface area contributed by atoms with Gasteiger partial charge in [0, 0.05) is 45.7 Å². The summed E-state index contributed by atoms with van der Waals surface area (Å²) in [6, 6.07) is 15.9. The third kappa shape index (κ3) is 3.65. The van der Waals surface area contributed by atoms with E-state index in [4.69, 9.17) is 34.8 Å². The average molecular weight is 421 g/mol. The molecule has 1 N–H and O–H groups in total. The van der Waals surface area contributed by atoms with Crippen molar-refractivity contribution in [2.75, 3.05) is 11.9 Å². The minimum Gasteiger partial charge on any atom is -0.348 e. The van der Waals surface area contributed by atoms with Crippen molar-refractivity contribution in [3.8, 4) is 0 Å². The number of hydrogen-bond donors (Lipinski definition) is 1. The molecule has 1 aliphatic rings. The fourth-order valence-electron chi connectivity index (χ4n) is 3.41. The fourth-order valence-corrected chi connectivity index (χ4v) is 4.12. The van der Waals surface area contributed by atoms with Gasteiger partial charge in [-0.05, 0) is 48.0 Å². The Bertz CT molecular complexity index is 1000. The van der Waals surface area contributed by atoms with Gasteiger partial charge in [0.05, 0.1) is 0 Å². The van der Waals surface area contributed by atoms with Gasteiger partial charge in [-0.2, -0.15) is 0 Å². The summed E-state index contributed by atoms with van der Waals surface area (Å²) in [7, 11) is 0. The van der Waals surface area contributed by atoms with E-state index in [1.54, 1.807) is 41.3 Å². The number of amides is 2. The Morgan fingerprint density at radius 2 is 1.78 bits per heavy atom. The molecular weight excluding hydrogens is 405 g/mol. The standard InChI is InChI=1S/C20H16Cl3N3O/c21-13-3-1-4-15(11-13)24-20(27)26-10-9-25-8-2-5-18(25)19(26)16-7-6-14(22)12-17(16)23/h1-8,11-12,19H,9-10H2,(H,24,27). The predicted octanol–water partition coefficient (Wildman–Crippen LogP) is 6.09. The van der Waals surface area contributed by atoms with Gasteiger partial charge < -0.3 is 14.8 Å². The van der Waals surface area contributed by atoms with Crippen molar-refractivity contribution in [3.05, 3.63) is 87.1 Å². The van der Waals surface area contributed by atoms with Crippen molar-refractivity contribution in [2.24, 2.45) is 0 Å². The van der Waals surface area contributed by atoms with E-state index in [1.807, 2.05) is 24.4 Å². The van der Waals surface area contributed by atoms with E-state index in [9.17, 15) is 4.79 Å². The van der Waals surface area contributed by atoms with Crippen LogP contribution in [0.25, 0.3) is 0 Å². The number of aromatic nitrogens is 1. The number of nitrogens with one attached hydrogen (secondary N) is 1. The second-order valence-electron chi connectivity index (χ2n) is 6.33. The molecule has 4 nitrogen and oxygen atoms in total. The summed E-state index contributed by atoms with van der Waals surface area (Å²) in [5.74, 6) is 0. The molecule has 2 heterocycles. The maximum absolute atomic E-state index is 13.1. The molecule has 1 aromatic heterocycles. The molecule has 0 radical (unpaired) electrons. The lowest BCUT2D eigenvalue weighted by molar-refractivity contribution is 0.182. The van der Waals surface area contributed by atoms with E-state index in [0.29, 0.717) is 33.8 Å². The molecule has 0 fully saturated rings. The molecule has 138 valence electrons. The molecular formula is C20H16Cl3N3O.